The molecule has 0 saturated heterocycles. The molecule has 15 heavy (non-hydrogen) atoms. The highest BCUT2D eigenvalue weighted by Gasteiger charge is 2.33. The van der Waals surface area contributed by atoms with Crippen molar-refractivity contribution in [2.45, 2.75) is 26.5 Å². The Balaban J connectivity index is 1.80. The minimum atomic E-state index is -0.0105. The van der Waals surface area contributed by atoms with E-state index in [0.717, 1.165) is 30.7 Å². The van der Waals surface area contributed by atoms with Crippen molar-refractivity contribution in [2.75, 3.05) is 13.6 Å². The first-order valence-electron chi connectivity index (χ1n) is 5.56. The van der Waals surface area contributed by atoms with Gasteiger partial charge in [-0.3, -0.25) is 4.90 Å². The van der Waals surface area contributed by atoms with Crippen LogP contribution in [0.1, 0.15) is 24.9 Å². The Labute approximate surface area is 90.7 Å². The second kappa shape index (κ2) is 4.37. The SMILES string of the molecule is CC1CC1CN(C)Cc1ccc(CO)o1. The highest BCUT2D eigenvalue weighted by atomic mass is 16.4. The predicted molar refractivity (Wildman–Crippen MR) is 58.2 cm³/mol. The molecule has 1 aromatic rings. The molecule has 0 aromatic carbocycles. The van der Waals surface area contributed by atoms with Crippen LogP contribution in [0.15, 0.2) is 16.5 Å². The molecule has 1 saturated carbocycles. The van der Waals surface area contributed by atoms with Crippen molar-refractivity contribution in [1.82, 2.24) is 4.90 Å². The average Bonchev–Trinajstić information content (AvgIpc) is 2.72. The Morgan fingerprint density at radius 1 is 1.47 bits per heavy atom. The maximum Gasteiger partial charge on any atom is 0.129 e. The molecule has 84 valence electrons. The van der Waals surface area contributed by atoms with E-state index in [2.05, 4.69) is 18.9 Å². The molecule has 0 bridgehead atoms. The van der Waals surface area contributed by atoms with E-state index >= 15 is 0 Å². The van der Waals surface area contributed by atoms with Gasteiger partial charge in [-0.15, -0.1) is 0 Å². The molecule has 0 amide bonds. The maximum absolute atomic E-state index is 8.87. The smallest absolute Gasteiger partial charge is 0.129 e. The number of rotatable bonds is 5. The van der Waals surface area contributed by atoms with E-state index in [1.54, 1.807) is 0 Å². The largest absolute Gasteiger partial charge is 0.462 e. The van der Waals surface area contributed by atoms with Crippen LogP contribution in [0, 0.1) is 11.8 Å². The molecule has 1 aliphatic carbocycles. The molecule has 1 aromatic heterocycles. The molecular formula is C12H19NO2. The van der Waals surface area contributed by atoms with Crippen LogP contribution in [-0.2, 0) is 13.2 Å². The summed E-state index contributed by atoms with van der Waals surface area (Å²) < 4.78 is 5.44. The van der Waals surface area contributed by atoms with Crippen LogP contribution >= 0.6 is 0 Å². The summed E-state index contributed by atoms with van der Waals surface area (Å²) in [5.41, 5.74) is 0. The first kappa shape index (κ1) is 10.7. The quantitative estimate of drug-likeness (QED) is 0.804. The van der Waals surface area contributed by atoms with Crippen LogP contribution in [0.2, 0.25) is 0 Å². The van der Waals surface area contributed by atoms with Crippen LogP contribution in [0.3, 0.4) is 0 Å². The van der Waals surface area contributed by atoms with E-state index in [0.29, 0.717) is 5.76 Å². The average molecular weight is 209 g/mol. The minimum absolute atomic E-state index is 0.0105. The van der Waals surface area contributed by atoms with Crippen LogP contribution < -0.4 is 0 Å². The first-order valence-corrected chi connectivity index (χ1v) is 5.56. The van der Waals surface area contributed by atoms with Crippen molar-refractivity contribution in [3.05, 3.63) is 23.7 Å². The van der Waals surface area contributed by atoms with Crippen molar-refractivity contribution >= 4 is 0 Å². The second-order valence-electron chi connectivity index (χ2n) is 4.70. The summed E-state index contributed by atoms with van der Waals surface area (Å²) in [6.07, 6.45) is 1.37. The van der Waals surface area contributed by atoms with Gasteiger partial charge in [0.05, 0.1) is 6.54 Å². The van der Waals surface area contributed by atoms with Crippen LogP contribution in [0.25, 0.3) is 0 Å². The zero-order valence-electron chi connectivity index (χ0n) is 9.44. The van der Waals surface area contributed by atoms with Gasteiger partial charge in [0, 0.05) is 6.54 Å². The lowest BCUT2D eigenvalue weighted by molar-refractivity contribution is 0.230. The molecule has 0 radical (unpaired) electrons. The third-order valence-corrected chi connectivity index (χ3v) is 3.12. The van der Waals surface area contributed by atoms with Gasteiger partial charge in [0.2, 0.25) is 0 Å². The molecule has 0 aliphatic heterocycles. The number of aliphatic hydroxyl groups excluding tert-OH is 1. The van der Waals surface area contributed by atoms with Gasteiger partial charge in [0.25, 0.3) is 0 Å². The Morgan fingerprint density at radius 2 is 2.13 bits per heavy atom. The summed E-state index contributed by atoms with van der Waals surface area (Å²) in [5.74, 6) is 3.37. The lowest BCUT2D eigenvalue weighted by atomic mass is 10.3. The van der Waals surface area contributed by atoms with Crippen molar-refractivity contribution in [1.29, 1.82) is 0 Å². The summed E-state index contributed by atoms with van der Waals surface area (Å²) in [6.45, 7) is 4.28. The summed E-state index contributed by atoms with van der Waals surface area (Å²) in [7, 11) is 2.12. The summed E-state index contributed by atoms with van der Waals surface area (Å²) in [4.78, 5) is 2.29. The topological polar surface area (TPSA) is 36.6 Å². The second-order valence-corrected chi connectivity index (χ2v) is 4.70. The normalized spacial score (nSPS) is 24.8. The highest BCUT2D eigenvalue weighted by Crippen LogP contribution is 2.38. The summed E-state index contributed by atoms with van der Waals surface area (Å²) >= 11 is 0. The van der Waals surface area contributed by atoms with Crippen LogP contribution in [-0.4, -0.2) is 23.6 Å². The fraction of sp³-hybridized carbons (Fsp3) is 0.667. The molecule has 0 spiro atoms. The number of hydrogen-bond donors (Lipinski definition) is 1. The van der Waals surface area contributed by atoms with Crippen molar-refractivity contribution in [3.8, 4) is 0 Å². The summed E-state index contributed by atoms with van der Waals surface area (Å²) in [5, 5.41) is 8.87. The van der Waals surface area contributed by atoms with Gasteiger partial charge >= 0.3 is 0 Å². The fourth-order valence-corrected chi connectivity index (χ4v) is 1.98. The Morgan fingerprint density at radius 3 is 2.67 bits per heavy atom. The molecule has 1 N–H and O–H groups in total. The van der Waals surface area contributed by atoms with Gasteiger partial charge < -0.3 is 9.52 Å². The standard InChI is InChI=1S/C12H19NO2/c1-9-5-10(9)6-13(2)7-11-3-4-12(8-14)15-11/h3-4,9-10,14H,5-8H2,1-2H3. The predicted octanol–water partition coefficient (Wildman–Crippen LogP) is 1.86. The van der Waals surface area contributed by atoms with Crippen molar-refractivity contribution in [3.63, 3.8) is 0 Å². The molecule has 1 fully saturated rings. The fourth-order valence-electron chi connectivity index (χ4n) is 1.98. The van der Waals surface area contributed by atoms with Gasteiger partial charge in [-0.05, 0) is 37.4 Å². The lowest BCUT2D eigenvalue weighted by Crippen LogP contribution is -2.20. The zero-order chi connectivity index (χ0) is 10.8. The zero-order valence-corrected chi connectivity index (χ0v) is 9.44. The Hall–Kier alpha value is -0.800. The van der Waals surface area contributed by atoms with Gasteiger partial charge in [0.1, 0.15) is 18.1 Å². The van der Waals surface area contributed by atoms with E-state index in [1.807, 2.05) is 12.1 Å². The molecule has 2 atom stereocenters. The molecular weight excluding hydrogens is 190 g/mol. The third kappa shape index (κ3) is 2.83. The molecule has 3 heteroatoms. The van der Waals surface area contributed by atoms with Gasteiger partial charge in [-0.25, -0.2) is 0 Å². The van der Waals surface area contributed by atoms with Gasteiger partial charge in [-0.2, -0.15) is 0 Å². The molecule has 1 aliphatic rings. The monoisotopic (exact) mass is 209 g/mol. The van der Waals surface area contributed by atoms with E-state index in [-0.39, 0.29) is 6.61 Å². The maximum atomic E-state index is 8.87. The van der Waals surface area contributed by atoms with Crippen molar-refractivity contribution in [2.24, 2.45) is 11.8 Å². The lowest BCUT2D eigenvalue weighted by Gasteiger charge is -2.14. The molecule has 2 unspecified atom stereocenters. The Bertz CT molecular complexity index is 321. The minimum Gasteiger partial charge on any atom is -0.462 e. The van der Waals surface area contributed by atoms with Gasteiger partial charge in [0.15, 0.2) is 0 Å². The highest BCUT2D eigenvalue weighted by molar-refractivity contribution is 5.06. The van der Waals surface area contributed by atoms with E-state index in [4.69, 9.17) is 9.52 Å². The van der Waals surface area contributed by atoms with Gasteiger partial charge in [-0.1, -0.05) is 6.92 Å². The molecule has 2 rings (SSSR count). The van der Waals surface area contributed by atoms with E-state index in [9.17, 15) is 0 Å². The molecule has 1 heterocycles. The number of nitrogens with zero attached hydrogens (tertiary/aromatic N) is 1. The first-order chi connectivity index (χ1) is 7.19. The van der Waals surface area contributed by atoms with Crippen LogP contribution in [0.5, 0.6) is 0 Å². The van der Waals surface area contributed by atoms with Crippen LogP contribution in [0.4, 0.5) is 0 Å². The molecule has 3 nitrogen and oxygen atoms in total. The van der Waals surface area contributed by atoms with Crippen molar-refractivity contribution < 1.29 is 9.52 Å². The number of hydrogen-bond acceptors (Lipinski definition) is 3. The van der Waals surface area contributed by atoms with E-state index < -0.39 is 0 Å². The number of furan rings is 1. The third-order valence-electron chi connectivity index (χ3n) is 3.12. The Kier molecular flexibility index (Phi) is 3.12. The summed E-state index contributed by atoms with van der Waals surface area (Å²) in [6, 6.07) is 3.78. The van der Waals surface area contributed by atoms with E-state index in [1.165, 1.54) is 6.42 Å². The number of aliphatic hydroxyl groups is 1.